The van der Waals surface area contributed by atoms with Crippen molar-refractivity contribution in [3.8, 4) is 33.4 Å². The van der Waals surface area contributed by atoms with E-state index < -0.39 is 5.41 Å². The van der Waals surface area contributed by atoms with E-state index >= 15 is 0 Å². The Labute approximate surface area is 250 Å². The molecule has 1 heteroatoms. The second-order valence-electron chi connectivity index (χ2n) is 11.2. The highest BCUT2D eigenvalue weighted by atomic mass is 32.2. The lowest BCUT2D eigenvalue weighted by Crippen LogP contribution is -2.29. The van der Waals surface area contributed by atoms with Crippen molar-refractivity contribution in [3.05, 3.63) is 180 Å². The highest BCUT2D eigenvalue weighted by Gasteiger charge is 2.47. The maximum atomic E-state index is 2.36. The number of fused-ring (bicyclic) bond motifs is 5. The van der Waals surface area contributed by atoms with Crippen LogP contribution in [0.1, 0.15) is 22.3 Å². The van der Waals surface area contributed by atoms with Crippen molar-refractivity contribution in [1.29, 1.82) is 0 Å². The van der Waals surface area contributed by atoms with Crippen molar-refractivity contribution in [3.63, 3.8) is 0 Å². The molecule has 2 aliphatic rings. The summed E-state index contributed by atoms with van der Waals surface area (Å²) >= 11 is 1.89. The van der Waals surface area contributed by atoms with E-state index in [-0.39, 0.29) is 0 Å². The smallest absolute Gasteiger partial charge is 0.0719 e. The first-order valence-electron chi connectivity index (χ1n) is 14.5. The molecule has 42 heavy (non-hydrogen) atoms. The van der Waals surface area contributed by atoms with E-state index in [9.17, 15) is 0 Å². The van der Waals surface area contributed by atoms with Gasteiger partial charge in [0.1, 0.15) is 0 Å². The third-order valence-electron chi connectivity index (χ3n) is 9.16. The summed E-state index contributed by atoms with van der Waals surface area (Å²) in [5.74, 6) is 0. The van der Waals surface area contributed by atoms with Crippen molar-refractivity contribution in [1.82, 2.24) is 0 Å². The highest BCUT2D eigenvalue weighted by molar-refractivity contribution is 7.99. The average molecular weight is 551 g/mol. The van der Waals surface area contributed by atoms with Crippen molar-refractivity contribution in [2.45, 2.75) is 15.2 Å². The number of hydrogen-bond donors (Lipinski definition) is 0. The number of benzene rings is 7. The molecule has 1 aliphatic heterocycles. The van der Waals surface area contributed by atoms with Crippen LogP contribution < -0.4 is 0 Å². The summed E-state index contributed by atoms with van der Waals surface area (Å²) in [6.07, 6.45) is 0. The monoisotopic (exact) mass is 550 g/mol. The summed E-state index contributed by atoms with van der Waals surface area (Å²) in [6.45, 7) is 0. The molecule has 0 radical (unpaired) electrons. The van der Waals surface area contributed by atoms with Gasteiger partial charge < -0.3 is 0 Å². The second kappa shape index (κ2) is 9.08. The molecule has 7 aromatic rings. The van der Waals surface area contributed by atoms with Crippen LogP contribution in [0.2, 0.25) is 0 Å². The molecule has 0 saturated carbocycles. The molecule has 0 fully saturated rings. The van der Waals surface area contributed by atoms with Crippen LogP contribution >= 0.6 is 11.8 Å². The maximum absolute atomic E-state index is 2.36. The van der Waals surface area contributed by atoms with Crippen LogP contribution in [0.25, 0.3) is 44.2 Å². The molecule has 7 aromatic carbocycles. The minimum absolute atomic E-state index is 0.438. The van der Waals surface area contributed by atoms with Gasteiger partial charge in [-0.2, -0.15) is 0 Å². The maximum Gasteiger partial charge on any atom is 0.0719 e. The molecule has 196 valence electrons. The quantitative estimate of drug-likeness (QED) is 0.211. The molecule has 9 rings (SSSR count). The first kappa shape index (κ1) is 23.8. The van der Waals surface area contributed by atoms with Gasteiger partial charge in [0.25, 0.3) is 0 Å². The van der Waals surface area contributed by atoms with E-state index in [1.165, 1.54) is 76.2 Å². The van der Waals surface area contributed by atoms with Crippen LogP contribution in [-0.2, 0) is 5.41 Å². The Balaban J connectivity index is 1.42. The van der Waals surface area contributed by atoms with Gasteiger partial charge in [-0.1, -0.05) is 157 Å². The Morgan fingerprint density at radius 1 is 0.357 bits per heavy atom. The SMILES string of the molecule is c1ccc(C2(c3ccccc3)c3ccccc3-c3cccc(-c4ccc5c6c(cccc46)-c4ccccc4S5)c32)cc1. The van der Waals surface area contributed by atoms with Gasteiger partial charge in [-0.15, -0.1) is 0 Å². The van der Waals surface area contributed by atoms with Gasteiger partial charge in [0, 0.05) is 15.2 Å². The zero-order valence-electron chi connectivity index (χ0n) is 22.9. The fraction of sp³-hybridized carbons (Fsp3) is 0.0244. The zero-order valence-corrected chi connectivity index (χ0v) is 23.7. The van der Waals surface area contributed by atoms with Crippen LogP contribution in [0.3, 0.4) is 0 Å². The molecule has 0 bridgehead atoms. The van der Waals surface area contributed by atoms with Crippen molar-refractivity contribution < 1.29 is 0 Å². The van der Waals surface area contributed by atoms with Crippen LogP contribution in [0.5, 0.6) is 0 Å². The lowest BCUT2D eigenvalue weighted by Gasteiger charge is -2.35. The standard InChI is InChI=1S/C41H26S/c1-3-13-27(14-4-1)41(28-15-5-2-6-16-28)36-23-9-7-17-30(36)35-22-12-21-34(40(35)41)29-25-26-38-39-32(29)19-11-20-33(39)31-18-8-10-24-37(31)42-38/h1-26H. The predicted molar refractivity (Wildman–Crippen MR) is 176 cm³/mol. The molecule has 0 saturated heterocycles. The third-order valence-corrected chi connectivity index (χ3v) is 10.3. The van der Waals surface area contributed by atoms with Gasteiger partial charge in [-0.25, -0.2) is 0 Å². The largest absolute Gasteiger partial charge is 0.0888 e. The topological polar surface area (TPSA) is 0 Å². The normalized spacial score (nSPS) is 13.8. The summed E-state index contributed by atoms with van der Waals surface area (Å²) in [6, 6.07) is 58.5. The fourth-order valence-corrected chi connectivity index (χ4v) is 8.67. The molecular weight excluding hydrogens is 525 g/mol. The van der Waals surface area contributed by atoms with E-state index in [0.717, 1.165) is 0 Å². The number of hydrogen-bond acceptors (Lipinski definition) is 1. The molecule has 0 nitrogen and oxygen atoms in total. The fourth-order valence-electron chi connectivity index (χ4n) is 7.54. The molecule has 1 aliphatic carbocycles. The average Bonchev–Trinajstić information content (AvgIpc) is 3.37. The van der Waals surface area contributed by atoms with Gasteiger partial charge in [0.05, 0.1) is 5.41 Å². The Kier molecular flexibility index (Phi) is 5.15. The van der Waals surface area contributed by atoms with Crippen LogP contribution in [0.4, 0.5) is 0 Å². The lowest BCUT2D eigenvalue weighted by atomic mass is 9.66. The van der Waals surface area contributed by atoms with E-state index in [1.807, 2.05) is 11.8 Å². The molecule has 0 spiro atoms. The molecule has 0 aromatic heterocycles. The first-order valence-corrected chi connectivity index (χ1v) is 15.3. The molecule has 0 unspecified atom stereocenters. The van der Waals surface area contributed by atoms with Crippen LogP contribution in [-0.4, -0.2) is 0 Å². The molecule has 0 N–H and O–H groups in total. The van der Waals surface area contributed by atoms with Gasteiger partial charge in [0.15, 0.2) is 0 Å². The first-order chi connectivity index (χ1) is 20.9. The molecular formula is C41H26S. The number of rotatable bonds is 3. The summed E-state index contributed by atoms with van der Waals surface area (Å²) in [4.78, 5) is 2.66. The minimum Gasteiger partial charge on any atom is -0.0888 e. The van der Waals surface area contributed by atoms with Crippen molar-refractivity contribution in [2.75, 3.05) is 0 Å². The van der Waals surface area contributed by atoms with Crippen molar-refractivity contribution in [2.24, 2.45) is 0 Å². The highest BCUT2D eigenvalue weighted by Crippen LogP contribution is 2.59. The van der Waals surface area contributed by atoms with Gasteiger partial charge in [0.2, 0.25) is 0 Å². The van der Waals surface area contributed by atoms with E-state index in [1.54, 1.807) is 0 Å². The Hall–Kier alpha value is -4.85. The molecule has 0 atom stereocenters. The van der Waals surface area contributed by atoms with Gasteiger partial charge in [-0.05, 0) is 73.2 Å². The molecule has 0 amide bonds. The van der Waals surface area contributed by atoms with E-state index in [4.69, 9.17) is 0 Å². The van der Waals surface area contributed by atoms with Crippen LogP contribution in [0.15, 0.2) is 168 Å². The summed E-state index contributed by atoms with van der Waals surface area (Å²) in [7, 11) is 0. The Bertz CT molecular complexity index is 2120. The van der Waals surface area contributed by atoms with Gasteiger partial charge in [-0.3, -0.25) is 0 Å². The van der Waals surface area contributed by atoms with Gasteiger partial charge >= 0.3 is 0 Å². The minimum atomic E-state index is -0.438. The van der Waals surface area contributed by atoms with Crippen LogP contribution in [0, 0.1) is 0 Å². The van der Waals surface area contributed by atoms with Crippen molar-refractivity contribution >= 4 is 22.5 Å². The lowest BCUT2D eigenvalue weighted by molar-refractivity contribution is 0.770. The zero-order chi connectivity index (χ0) is 27.7. The predicted octanol–water partition coefficient (Wildman–Crippen LogP) is 11.0. The van der Waals surface area contributed by atoms with E-state index in [2.05, 4.69) is 158 Å². The molecule has 1 heterocycles. The second-order valence-corrected chi connectivity index (χ2v) is 12.3. The summed E-state index contributed by atoms with van der Waals surface area (Å²) in [5, 5.41) is 2.67. The van der Waals surface area contributed by atoms with E-state index in [0.29, 0.717) is 0 Å². The summed E-state index contributed by atoms with van der Waals surface area (Å²) < 4.78 is 0. The third kappa shape index (κ3) is 3.15. The Morgan fingerprint density at radius 2 is 0.929 bits per heavy atom. The Morgan fingerprint density at radius 3 is 1.69 bits per heavy atom. The summed E-state index contributed by atoms with van der Waals surface area (Å²) in [5.41, 5.74) is 12.7.